The molecule has 0 aliphatic rings. The molecule has 0 aliphatic heterocycles. The Balaban J connectivity index is 2.54. The fourth-order valence-corrected chi connectivity index (χ4v) is 4.15. The van der Waals surface area contributed by atoms with Crippen molar-refractivity contribution in [3.05, 3.63) is 22.4 Å². The lowest BCUT2D eigenvalue weighted by Crippen LogP contribution is -2.40. The van der Waals surface area contributed by atoms with Crippen molar-refractivity contribution < 1.29 is 8.42 Å². The molecule has 1 aromatic heterocycles. The first-order chi connectivity index (χ1) is 11.7. The summed E-state index contributed by atoms with van der Waals surface area (Å²) in [6.45, 7) is 11.4. The van der Waals surface area contributed by atoms with Crippen LogP contribution in [0.4, 0.5) is 0 Å². The van der Waals surface area contributed by atoms with Gasteiger partial charge in [0.1, 0.15) is 0 Å². The first-order valence-corrected chi connectivity index (χ1v) is 11.4. The number of nitrogens with zero attached hydrogens (tertiary/aromatic N) is 2. The van der Waals surface area contributed by atoms with Crippen molar-refractivity contribution in [2.24, 2.45) is 4.99 Å². The molecule has 0 spiro atoms. The number of hydrogen-bond acceptors (Lipinski definition) is 4. The summed E-state index contributed by atoms with van der Waals surface area (Å²) >= 11 is 1.75. The number of aliphatic imine (C=N–C) groups is 1. The second-order valence-corrected chi connectivity index (χ2v) is 9.52. The van der Waals surface area contributed by atoms with Gasteiger partial charge in [0, 0.05) is 36.5 Å². The molecule has 0 fully saturated rings. The molecule has 0 saturated heterocycles. The summed E-state index contributed by atoms with van der Waals surface area (Å²) in [5.41, 5.74) is -0.00812. The maximum Gasteiger partial charge on any atom is 0.211 e. The molecule has 0 aliphatic carbocycles. The first kappa shape index (κ1) is 21.9. The Morgan fingerprint density at radius 3 is 2.56 bits per heavy atom. The van der Waals surface area contributed by atoms with E-state index >= 15 is 0 Å². The summed E-state index contributed by atoms with van der Waals surface area (Å²) in [6, 6.07) is 4.21. The van der Waals surface area contributed by atoms with Crippen molar-refractivity contribution in [1.82, 2.24) is 14.9 Å². The van der Waals surface area contributed by atoms with E-state index in [0.29, 0.717) is 26.2 Å². The molecule has 6 nitrogen and oxygen atoms in total. The van der Waals surface area contributed by atoms with Crippen LogP contribution in [0.1, 0.15) is 39.0 Å². The van der Waals surface area contributed by atoms with Gasteiger partial charge in [0.05, 0.1) is 12.8 Å². The Labute approximate surface area is 156 Å². The fourth-order valence-electron chi connectivity index (χ4n) is 2.38. The minimum atomic E-state index is -3.12. The summed E-state index contributed by atoms with van der Waals surface area (Å²) < 4.78 is 24.7. The monoisotopic (exact) mass is 388 g/mol. The zero-order valence-corrected chi connectivity index (χ0v) is 17.6. The lowest BCUT2D eigenvalue weighted by Gasteiger charge is -2.22. The van der Waals surface area contributed by atoms with Crippen LogP contribution in [0.5, 0.6) is 0 Å². The number of rotatable bonds is 10. The van der Waals surface area contributed by atoms with Crippen LogP contribution in [0.15, 0.2) is 22.5 Å². The molecule has 0 unspecified atom stereocenters. The van der Waals surface area contributed by atoms with E-state index in [1.165, 1.54) is 15.4 Å². The highest BCUT2D eigenvalue weighted by atomic mass is 32.2. The molecule has 0 amide bonds. The predicted octanol–water partition coefficient (Wildman–Crippen LogP) is 2.25. The standard InChI is InChI=1S/C17H32N4O2S2/c1-6-18-16(19-11-9-12-21(7-2)25(5,22)23)20-14-17(3,4)15-10-8-13-24-15/h8,10,13H,6-7,9,11-12,14H2,1-5H3,(H2,18,19,20). The molecule has 0 aromatic carbocycles. The molecule has 0 bridgehead atoms. The average Bonchev–Trinajstić information content (AvgIpc) is 3.06. The van der Waals surface area contributed by atoms with Crippen molar-refractivity contribution in [3.8, 4) is 0 Å². The molecular weight excluding hydrogens is 356 g/mol. The molecule has 0 saturated carbocycles. The number of guanidine groups is 1. The zero-order valence-electron chi connectivity index (χ0n) is 16.0. The van der Waals surface area contributed by atoms with Gasteiger partial charge >= 0.3 is 0 Å². The average molecular weight is 389 g/mol. The van der Waals surface area contributed by atoms with E-state index in [1.54, 1.807) is 11.3 Å². The maximum atomic E-state index is 11.6. The van der Waals surface area contributed by atoms with E-state index in [2.05, 4.69) is 42.0 Å². The molecule has 1 heterocycles. The quantitative estimate of drug-likeness (QED) is 0.366. The molecule has 0 radical (unpaired) electrons. The van der Waals surface area contributed by atoms with Gasteiger partial charge in [-0.3, -0.25) is 4.99 Å². The number of hydrogen-bond donors (Lipinski definition) is 2. The van der Waals surface area contributed by atoms with E-state index in [9.17, 15) is 8.42 Å². The maximum absolute atomic E-state index is 11.6. The normalized spacial score (nSPS) is 13.3. The van der Waals surface area contributed by atoms with E-state index in [4.69, 9.17) is 4.99 Å². The van der Waals surface area contributed by atoms with E-state index < -0.39 is 10.0 Å². The highest BCUT2D eigenvalue weighted by Gasteiger charge is 2.21. The third-order valence-corrected chi connectivity index (χ3v) is 6.48. The van der Waals surface area contributed by atoms with Gasteiger partial charge in [-0.05, 0) is 24.8 Å². The SMILES string of the molecule is CCNC(=NCC(C)(C)c1cccs1)NCCCN(CC)S(C)(=O)=O. The molecule has 2 N–H and O–H groups in total. The van der Waals surface area contributed by atoms with Crippen LogP contribution in [0.3, 0.4) is 0 Å². The Kier molecular flexibility index (Phi) is 8.88. The van der Waals surface area contributed by atoms with Crippen molar-refractivity contribution >= 4 is 27.3 Å². The van der Waals surface area contributed by atoms with Crippen LogP contribution in [0.25, 0.3) is 0 Å². The van der Waals surface area contributed by atoms with Crippen LogP contribution in [0.2, 0.25) is 0 Å². The highest BCUT2D eigenvalue weighted by molar-refractivity contribution is 7.88. The fraction of sp³-hybridized carbons (Fsp3) is 0.706. The van der Waals surface area contributed by atoms with E-state index in [0.717, 1.165) is 18.9 Å². The van der Waals surface area contributed by atoms with E-state index in [1.807, 2.05) is 13.8 Å². The van der Waals surface area contributed by atoms with Crippen LogP contribution in [-0.4, -0.2) is 57.7 Å². The van der Waals surface area contributed by atoms with Gasteiger partial charge in [-0.1, -0.05) is 26.8 Å². The minimum Gasteiger partial charge on any atom is -0.357 e. The summed E-state index contributed by atoms with van der Waals surface area (Å²) in [6.07, 6.45) is 1.99. The number of nitrogens with one attached hydrogen (secondary N) is 2. The number of thiophene rings is 1. The van der Waals surface area contributed by atoms with Gasteiger partial charge in [0.2, 0.25) is 10.0 Å². The zero-order chi connectivity index (χ0) is 18.9. The lowest BCUT2D eigenvalue weighted by molar-refractivity contribution is 0.424. The molecule has 1 aromatic rings. The highest BCUT2D eigenvalue weighted by Crippen LogP contribution is 2.27. The van der Waals surface area contributed by atoms with Crippen molar-refractivity contribution in [2.75, 3.05) is 39.0 Å². The van der Waals surface area contributed by atoms with Crippen LogP contribution in [-0.2, 0) is 15.4 Å². The first-order valence-electron chi connectivity index (χ1n) is 8.72. The predicted molar refractivity (Wildman–Crippen MR) is 108 cm³/mol. The molecule has 0 atom stereocenters. The topological polar surface area (TPSA) is 73.8 Å². The van der Waals surface area contributed by atoms with Gasteiger partial charge in [-0.2, -0.15) is 0 Å². The lowest BCUT2D eigenvalue weighted by atomic mass is 9.92. The molecule has 8 heteroatoms. The second-order valence-electron chi connectivity index (χ2n) is 6.59. The van der Waals surface area contributed by atoms with Crippen LogP contribution in [0, 0.1) is 0 Å². The van der Waals surface area contributed by atoms with Gasteiger partial charge in [-0.25, -0.2) is 12.7 Å². The van der Waals surface area contributed by atoms with Gasteiger partial charge in [0.15, 0.2) is 5.96 Å². The molecule has 25 heavy (non-hydrogen) atoms. The van der Waals surface area contributed by atoms with Crippen LogP contribution >= 0.6 is 11.3 Å². The number of sulfonamides is 1. The van der Waals surface area contributed by atoms with Crippen LogP contribution < -0.4 is 10.6 Å². The van der Waals surface area contributed by atoms with Gasteiger partial charge in [0.25, 0.3) is 0 Å². The van der Waals surface area contributed by atoms with E-state index in [-0.39, 0.29) is 5.41 Å². The summed E-state index contributed by atoms with van der Waals surface area (Å²) in [5, 5.41) is 8.62. The van der Waals surface area contributed by atoms with Crippen molar-refractivity contribution in [1.29, 1.82) is 0 Å². The Hall–Kier alpha value is -1.12. The van der Waals surface area contributed by atoms with Crippen molar-refractivity contribution in [2.45, 2.75) is 39.5 Å². The Bertz CT molecular complexity index is 625. The third-order valence-electron chi connectivity index (χ3n) is 3.86. The largest absolute Gasteiger partial charge is 0.357 e. The minimum absolute atomic E-state index is 0.00812. The third kappa shape index (κ3) is 7.75. The molecule has 144 valence electrons. The van der Waals surface area contributed by atoms with Gasteiger partial charge in [-0.15, -0.1) is 11.3 Å². The summed E-state index contributed by atoms with van der Waals surface area (Å²) in [4.78, 5) is 6.01. The molecular formula is C17H32N4O2S2. The molecule has 1 rings (SSSR count). The summed E-state index contributed by atoms with van der Waals surface area (Å²) in [7, 11) is -3.12. The van der Waals surface area contributed by atoms with Crippen molar-refractivity contribution in [3.63, 3.8) is 0 Å². The Morgan fingerprint density at radius 1 is 1.32 bits per heavy atom. The second kappa shape index (κ2) is 10.1. The van der Waals surface area contributed by atoms with Gasteiger partial charge < -0.3 is 10.6 Å². The smallest absolute Gasteiger partial charge is 0.211 e. The Morgan fingerprint density at radius 2 is 2.04 bits per heavy atom. The summed E-state index contributed by atoms with van der Waals surface area (Å²) in [5.74, 6) is 0.773.